The second-order valence-corrected chi connectivity index (χ2v) is 9.08. The van der Waals surface area contributed by atoms with Gasteiger partial charge in [0.1, 0.15) is 17.1 Å². The van der Waals surface area contributed by atoms with Crippen molar-refractivity contribution >= 4 is 51.8 Å². The van der Waals surface area contributed by atoms with Crippen LogP contribution in [-0.2, 0) is 9.59 Å². The molecule has 2 amide bonds. The van der Waals surface area contributed by atoms with E-state index < -0.39 is 11.8 Å². The van der Waals surface area contributed by atoms with Crippen LogP contribution >= 0.6 is 12.2 Å². The Labute approximate surface area is 224 Å². The first kappa shape index (κ1) is 23.4. The minimum Gasteiger partial charge on any atom is -0.457 e. The lowest BCUT2D eigenvalue weighted by Crippen LogP contribution is -2.54. The topological polar surface area (TPSA) is 74.4 Å². The first-order valence-corrected chi connectivity index (χ1v) is 12.4. The fourth-order valence-corrected chi connectivity index (χ4v) is 4.75. The number of hydrogen-bond acceptors (Lipinski definition) is 4. The Bertz CT molecular complexity index is 1710. The predicted octanol–water partition coefficient (Wildman–Crippen LogP) is 6.46. The van der Waals surface area contributed by atoms with Crippen LogP contribution in [0.5, 0.6) is 11.5 Å². The largest absolute Gasteiger partial charge is 0.457 e. The van der Waals surface area contributed by atoms with Crippen LogP contribution in [0.2, 0.25) is 0 Å². The van der Waals surface area contributed by atoms with Gasteiger partial charge in [-0.15, -0.1) is 0 Å². The summed E-state index contributed by atoms with van der Waals surface area (Å²) < 4.78 is 5.86. The maximum atomic E-state index is 13.7. The van der Waals surface area contributed by atoms with Crippen molar-refractivity contribution in [3.05, 3.63) is 120 Å². The standard InChI is InChI=1S/C31H21N3O3S/c35-29-26(19-25-24-13-7-8-14-27(24)32-28(25)20-9-3-1-4-10-20)30(36)34(31(38)33-29)21-15-17-23(18-16-21)37-22-11-5-2-6-12-22/h1-19,32H,(H,33,35,38). The van der Waals surface area contributed by atoms with Crippen LogP contribution < -0.4 is 15.0 Å². The van der Waals surface area contributed by atoms with Gasteiger partial charge in [-0.25, -0.2) is 0 Å². The van der Waals surface area contributed by atoms with Gasteiger partial charge < -0.3 is 9.72 Å². The fraction of sp³-hybridized carbons (Fsp3) is 0. The third kappa shape index (κ3) is 4.36. The summed E-state index contributed by atoms with van der Waals surface area (Å²) in [6, 6.07) is 34.0. The van der Waals surface area contributed by atoms with E-state index in [0.717, 1.165) is 27.7 Å². The molecule has 0 bridgehead atoms. The Morgan fingerprint density at radius 2 is 1.37 bits per heavy atom. The van der Waals surface area contributed by atoms with E-state index in [2.05, 4.69) is 10.3 Å². The maximum absolute atomic E-state index is 13.7. The molecule has 1 aliphatic rings. The molecule has 1 aliphatic heterocycles. The molecule has 1 saturated heterocycles. The Hall–Kier alpha value is -5.01. The zero-order valence-corrected chi connectivity index (χ0v) is 20.9. The fourth-order valence-electron chi connectivity index (χ4n) is 4.47. The summed E-state index contributed by atoms with van der Waals surface area (Å²) in [6.45, 7) is 0. The van der Waals surface area contributed by atoms with Gasteiger partial charge in [0.2, 0.25) is 0 Å². The molecule has 6 rings (SSSR count). The summed E-state index contributed by atoms with van der Waals surface area (Å²) in [5, 5.41) is 3.60. The molecular formula is C31H21N3O3S. The molecule has 4 aromatic carbocycles. The number of anilines is 1. The Morgan fingerprint density at radius 1 is 0.737 bits per heavy atom. The van der Waals surface area contributed by atoms with Gasteiger partial charge in [0.25, 0.3) is 11.8 Å². The van der Waals surface area contributed by atoms with Gasteiger partial charge in [-0.3, -0.25) is 19.8 Å². The van der Waals surface area contributed by atoms with Crippen molar-refractivity contribution in [1.82, 2.24) is 10.3 Å². The lowest BCUT2D eigenvalue weighted by atomic mass is 10.0. The molecule has 0 unspecified atom stereocenters. The van der Waals surface area contributed by atoms with Gasteiger partial charge in [0.15, 0.2) is 5.11 Å². The molecule has 2 N–H and O–H groups in total. The van der Waals surface area contributed by atoms with Crippen molar-refractivity contribution in [1.29, 1.82) is 0 Å². The summed E-state index contributed by atoms with van der Waals surface area (Å²) in [7, 11) is 0. The number of nitrogens with one attached hydrogen (secondary N) is 2. The Balaban J connectivity index is 1.38. The van der Waals surface area contributed by atoms with Gasteiger partial charge in [-0.1, -0.05) is 66.7 Å². The number of amides is 2. The maximum Gasteiger partial charge on any atom is 0.270 e. The van der Waals surface area contributed by atoms with Crippen molar-refractivity contribution in [2.75, 3.05) is 4.90 Å². The molecule has 0 radical (unpaired) electrons. The second kappa shape index (κ2) is 9.80. The van der Waals surface area contributed by atoms with Crippen molar-refractivity contribution in [2.24, 2.45) is 0 Å². The average molecular weight is 516 g/mol. The second-order valence-electron chi connectivity index (χ2n) is 8.69. The van der Waals surface area contributed by atoms with E-state index in [0.29, 0.717) is 17.2 Å². The van der Waals surface area contributed by atoms with Crippen molar-refractivity contribution in [2.45, 2.75) is 0 Å². The van der Waals surface area contributed by atoms with Gasteiger partial charge in [0, 0.05) is 16.5 Å². The van der Waals surface area contributed by atoms with Crippen molar-refractivity contribution in [3.63, 3.8) is 0 Å². The third-order valence-corrected chi connectivity index (χ3v) is 6.56. The number of carbonyl (C=O) groups is 2. The van der Waals surface area contributed by atoms with Gasteiger partial charge >= 0.3 is 0 Å². The van der Waals surface area contributed by atoms with E-state index in [1.807, 2.05) is 84.9 Å². The zero-order chi connectivity index (χ0) is 26.1. The van der Waals surface area contributed by atoms with E-state index in [-0.39, 0.29) is 10.7 Å². The number of fused-ring (bicyclic) bond motifs is 1. The highest BCUT2D eigenvalue weighted by molar-refractivity contribution is 7.80. The molecule has 1 fully saturated rings. The molecule has 0 spiro atoms. The number of ether oxygens (including phenoxy) is 1. The monoisotopic (exact) mass is 515 g/mol. The van der Waals surface area contributed by atoms with E-state index in [9.17, 15) is 9.59 Å². The van der Waals surface area contributed by atoms with Crippen LogP contribution in [0.1, 0.15) is 5.56 Å². The smallest absolute Gasteiger partial charge is 0.270 e. The molecule has 5 aromatic rings. The Kier molecular flexibility index (Phi) is 6.03. The van der Waals surface area contributed by atoms with Crippen LogP contribution in [0.25, 0.3) is 28.2 Å². The van der Waals surface area contributed by atoms with Crippen LogP contribution in [0.15, 0.2) is 115 Å². The van der Waals surface area contributed by atoms with Crippen molar-refractivity contribution in [3.8, 4) is 22.8 Å². The molecule has 0 aliphatic carbocycles. The number of aromatic nitrogens is 1. The highest BCUT2D eigenvalue weighted by Gasteiger charge is 2.35. The summed E-state index contributed by atoms with van der Waals surface area (Å²) in [5.41, 5.74) is 3.94. The normalized spacial score (nSPS) is 14.7. The molecule has 6 nitrogen and oxygen atoms in total. The van der Waals surface area contributed by atoms with Gasteiger partial charge in [-0.05, 0) is 66.3 Å². The molecule has 0 saturated carbocycles. The number of nitrogens with zero attached hydrogens (tertiary/aromatic N) is 1. The Morgan fingerprint density at radius 3 is 2.11 bits per heavy atom. The van der Waals surface area contributed by atoms with Gasteiger partial charge in [-0.2, -0.15) is 0 Å². The van der Waals surface area contributed by atoms with E-state index in [4.69, 9.17) is 17.0 Å². The first-order chi connectivity index (χ1) is 18.6. The molecule has 184 valence electrons. The predicted molar refractivity (Wildman–Crippen MR) is 153 cm³/mol. The summed E-state index contributed by atoms with van der Waals surface area (Å²) in [4.78, 5) is 31.5. The highest BCUT2D eigenvalue weighted by Crippen LogP contribution is 2.33. The molecule has 2 heterocycles. The highest BCUT2D eigenvalue weighted by atomic mass is 32.1. The summed E-state index contributed by atoms with van der Waals surface area (Å²) in [6.07, 6.45) is 1.64. The quantitative estimate of drug-likeness (QED) is 0.160. The molecule has 38 heavy (non-hydrogen) atoms. The van der Waals surface area contributed by atoms with Crippen LogP contribution in [0.3, 0.4) is 0 Å². The third-order valence-electron chi connectivity index (χ3n) is 6.27. The molecular weight excluding hydrogens is 494 g/mol. The van der Waals surface area contributed by atoms with Crippen LogP contribution in [-0.4, -0.2) is 21.9 Å². The zero-order valence-electron chi connectivity index (χ0n) is 20.0. The number of carbonyl (C=O) groups excluding carboxylic acids is 2. The van der Waals surface area contributed by atoms with E-state index in [1.165, 1.54) is 4.90 Å². The number of thiocarbonyl (C=S) groups is 1. The number of para-hydroxylation sites is 2. The first-order valence-electron chi connectivity index (χ1n) is 12.0. The number of H-pyrrole nitrogens is 1. The summed E-state index contributed by atoms with van der Waals surface area (Å²) >= 11 is 5.39. The lowest BCUT2D eigenvalue weighted by Gasteiger charge is -2.29. The molecule has 0 atom stereocenters. The minimum absolute atomic E-state index is 0.00912. The SMILES string of the molecule is O=C1NC(=S)N(c2ccc(Oc3ccccc3)cc2)C(=O)C1=Cc1c(-c2ccccc2)[nH]c2ccccc12. The average Bonchev–Trinajstić information content (AvgIpc) is 3.31. The molecule has 7 heteroatoms. The lowest BCUT2D eigenvalue weighted by molar-refractivity contribution is -0.122. The number of aromatic amines is 1. The summed E-state index contributed by atoms with van der Waals surface area (Å²) in [5.74, 6) is 0.279. The minimum atomic E-state index is -0.537. The van der Waals surface area contributed by atoms with E-state index in [1.54, 1.807) is 30.3 Å². The van der Waals surface area contributed by atoms with Crippen molar-refractivity contribution < 1.29 is 14.3 Å². The van der Waals surface area contributed by atoms with E-state index >= 15 is 0 Å². The van der Waals surface area contributed by atoms with Crippen LogP contribution in [0.4, 0.5) is 5.69 Å². The molecule has 1 aromatic heterocycles. The number of rotatable bonds is 5. The van der Waals surface area contributed by atoms with Crippen LogP contribution in [0, 0.1) is 0 Å². The van der Waals surface area contributed by atoms with Gasteiger partial charge in [0.05, 0.1) is 11.4 Å². The number of hydrogen-bond donors (Lipinski definition) is 2. The number of benzene rings is 4.